The molecule has 1 saturated heterocycles. The van der Waals surface area contributed by atoms with Crippen molar-refractivity contribution < 1.29 is 4.21 Å². The minimum atomic E-state index is -0.946. The van der Waals surface area contributed by atoms with Gasteiger partial charge in [0.25, 0.3) is 0 Å². The van der Waals surface area contributed by atoms with Crippen LogP contribution < -0.4 is 5.32 Å². The maximum absolute atomic E-state index is 12.3. The summed E-state index contributed by atoms with van der Waals surface area (Å²) < 4.78 is 14.2. The van der Waals surface area contributed by atoms with Crippen LogP contribution in [-0.4, -0.2) is 28.0 Å². The molecule has 18 heavy (non-hydrogen) atoms. The van der Waals surface area contributed by atoms with Gasteiger partial charge >= 0.3 is 0 Å². The van der Waals surface area contributed by atoms with E-state index in [9.17, 15) is 4.21 Å². The summed E-state index contributed by atoms with van der Waals surface area (Å²) in [4.78, 5) is 4.48. The second-order valence-corrected chi connectivity index (χ2v) is 7.37. The predicted molar refractivity (Wildman–Crippen MR) is 76.5 cm³/mol. The van der Waals surface area contributed by atoms with E-state index in [2.05, 4.69) is 10.3 Å². The highest BCUT2D eigenvalue weighted by atomic mass is 32.2. The molecule has 1 aliphatic heterocycles. The van der Waals surface area contributed by atoms with Gasteiger partial charge in [0.1, 0.15) is 0 Å². The molecule has 0 saturated carbocycles. The lowest BCUT2D eigenvalue weighted by Gasteiger charge is -2.21. The molecule has 0 aliphatic carbocycles. The molecule has 0 radical (unpaired) electrons. The van der Waals surface area contributed by atoms with Crippen molar-refractivity contribution >= 4 is 32.4 Å². The molecule has 2 heterocycles. The Balaban J connectivity index is 1.74. The van der Waals surface area contributed by atoms with Crippen LogP contribution in [0.5, 0.6) is 0 Å². The van der Waals surface area contributed by atoms with Crippen LogP contribution in [0, 0.1) is 5.92 Å². The zero-order valence-corrected chi connectivity index (χ0v) is 11.7. The van der Waals surface area contributed by atoms with Crippen molar-refractivity contribution in [3.05, 3.63) is 24.3 Å². The van der Waals surface area contributed by atoms with E-state index in [1.807, 2.05) is 24.3 Å². The molecular formula is C13H16N2OS2. The van der Waals surface area contributed by atoms with Gasteiger partial charge in [0, 0.05) is 5.75 Å². The van der Waals surface area contributed by atoms with Crippen LogP contribution in [0.15, 0.2) is 28.6 Å². The fraction of sp³-hybridized carbons (Fsp3) is 0.462. The molecule has 5 heteroatoms. The van der Waals surface area contributed by atoms with Crippen LogP contribution in [-0.2, 0) is 10.8 Å². The van der Waals surface area contributed by atoms with Gasteiger partial charge in [0.15, 0.2) is 4.34 Å². The van der Waals surface area contributed by atoms with Crippen LogP contribution in [0.4, 0.5) is 0 Å². The van der Waals surface area contributed by atoms with E-state index in [1.54, 1.807) is 11.3 Å². The predicted octanol–water partition coefficient (Wildman–Crippen LogP) is 2.40. The minimum Gasteiger partial charge on any atom is -0.316 e. The largest absolute Gasteiger partial charge is 0.316 e. The smallest absolute Gasteiger partial charge is 0.181 e. The number of rotatable bonds is 3. The fourth-order valence-corrected chi connectivity index (χ4v) is 4.90. The number of benzene rings is 1. The van der Waals surface area contributed by atoms with Crippen LogP contribution in [0.25, 0.3) is 10.2 Å². The summed E-state index contributed by atoms with van der Waals surface area (Å²) in [6, 6.07) is 7.99. The number of fused-ring (bicyclic) bond motifs is 1. The van der Waals surface area contributed by atoms with Gasteiger partial charge in [-0.15, -0.1) is 11.3 Å². The number of nitrogens with one attached hydrogen (secondary N) is 1. The Morgan fingerprint density at radius 1 is 1.44 bits per heavy atom. The first-order chi connectivity index (χ1) is 8.83. The second-order valence-electron chi connectivity index (χ2n) is 4.67. The van der Waals surface area contributed by atoms with Crippen LogP contribution in [0.3, 0.4) is 0 Å². The Morgan fingerprint density at radius 2 is 2.33 bits per heavy atom. The lowest BCUT2D eigenvalue weighted by molar-refractivity contribution is 0.408. The van der Waals surface area contributed by atoms with Crippen molar-refractivity contribution in [1.29, 1.82) is 0 Å². The molecule has 1 N–H and O–H groups in total. The lowest BCUT2D eigenvalue weighted by Crippen LogP contribution is -2.32. The van der Waals surface area contributed by atoms with Gasteiger partial charge < -0.3 is 5.32 Å². The molecule has 0 amide bonds. The first-order valence-corrected chi connectivity index (χ1v) is 8.41. The summed E-state index contributed by atoms with van der Waals surface area (Å²) >= 11 is 1.56. The van der Waals surface area contributed by atoms with Gasteiger partial charge in [-0.3, -0.25) is 4.21 Å². The molecular weight excluding hydrogens is 264 g/mol. The maximum Gasteiger partial charge on any atom is 0.181 e. The van der Waals surface area contributed by atoms with E-state index in [-0.39, 0.29) is 0 Å². The monoisotopic (exact) mass is 280 g/mol. The Bertz CT molecular complexity index is 528. The number of para-hydroxylation sites is 1. The highest BCUT2D eigenvalue weighted by Crippen LogP contribution is 2.25. The quantitative estimate of drug-likeness (QED) is 0.939. The minimum absolute atomic E-state index is 0.534. The molecule has 1 aromatic heterocycles. The summed E-state index contributed by atoms with van der Waals surface area (Å²) in [5.41, 5.74) is 0.965. The molecule has 1 aliphatic rings. The molecule has 2 unspecified atom stereocenters. The van der Waals surface area contributed by atoms with Crippen molar-refractivity contribution in [2.45, 2.75) is 17.2 Å². The van der Waals surface area contributed by atoms with Crippen LogP contribution in [0.2, 0.25) is 0 Å². The van der Waals surface area contributed by atoms with Crippen molar-refractivity contribution in [1.82, 2.24) is 10.3 Å². The second kappa shape index (κ2) is 5.47. The van der Waals surface area contributed by atoms with E-state index in [0.29, 0.717) is 5.92 Å². The molecule has 0 spiro atoms. The first kappa shape index (κ1) is 12.3. The van der Waals surface area contributed by atoms with E-state index >= 15 is 0 Å². The van der Waals surface area contributed by atoms with Crippen molar-refractivity contribution in [3.8, 4) is 0 Å². The topological polar surface area (TPSA) is 42.0 Å². The van der Waals surface area contributed by atoms with E-state index in [4.69, 9.17) is 0 Å². The molecule has 3 nitrogen and oxygen atoms in total. The Kier molecular flexibility index (Phi) is 3.72. The van der Waals surface area contributed by atoms with Gasteiger partial charge in [-0.05, 0) is 44.0 Å². The van der Waals surface area contributed by atoms with Crippen molar-refractivity contribution in [3.63, 3.8) is 0 Å². The molecule has 3 rings (SSSR count). The summed E-state index contributed by atoms with van der Waals surface area (Å²) in [5, 5.41) is 3.37. The van der Waals surface area contributed by atoms with E-state index < -0.39 is 10.8 Å². The van der Waals surface area contributed by atoms with Crippen molar-refractivity contribution in [2.24, 2.45) is 5.92 Å². The van der Waals surface area contributed by atoms with Crippen LogP contribution in [0.1, 0.15) is 12.8 Å². The lowest BCUT2D eigenvalue weighted by atomic mass is 10.0. The molecule has 1 aromatic carbocycles. The van der Waals surface area contributed by atoms with Gasteiger partial charge in [-0.2, -0.15) is 0 Å². The highest BCUT2D eigenvalue weighted by molar-refractivity contribution is 7.87. The molecule has 96 valence electrons. The van der Waals surface area contributed by atoms with Crippen molar-refractivity contribution in [2.75, 3.05) is 18.8 Å². The molecule has 2 atom stereocenters. The first-order valence-electron chi connectivity index (χ1n) is 6.27. The zero-order valence-electron chi connectivity index (χ0n) is 10.1. The van der Waals surface area contributed by atoms with Gasteiger partial charge in [0.05, 0.1) is 21.0 Å². The maximum atomic E-state index is 12.3. The Labute approximate surface area is 113 Å². The summed E-state index contributed by atoms with van der Waals surface area (Å²) in [6.45, 7) is 2.10. The van der Waals surface area contributed by atoms with Gasteiger partial charge in [-0.1, -0.05) is 12.1 Å². The number of hydrogen-bond donors (Lipinski definition) is 1. The average Bonchev–Trinajstić information content (AvgIpc) is 2.84. The standard InChI is InChI=1S/C13H16N2OS2/c16-18(9-10-4-3-7-14-8-10)13-15-11-5-1-2-6-12(11)17-13/h1-2,5-6,10,14H,3-4,7-9H2. The average molecular weight is 280 g/mol. The third-order valence-electron chi connectivity index (χ3n) is 3.26. The number of nitrogens with zero attached hydrogens (tertiary/aromatic N) is 1. The van der Waals surface area contributed by atoms with E-state index in [1.165, 1.54) is 12.8 Å². The normalized spacial score (nSPS) is 22.1. The third kappa shape index (κ3) is 2.63. The Hall–Kier alpha value is -0.780. The fourth-order valence-electron chi connectivity index (χ4n) is 2.30. The molecule has 1 fully saturated rings. The van der Waals surface area contributed by atoms with E-state index in [0.717, 1.165) is 33.4 Å². The SMILES string of the molecule is O=S(CC1CCCNC1)c1nc2ccccc2s1. The number of piperidine rings is 1. The van der Waals surface area contributed by atoms with Crippen LogP contribution >= 0.6 is 11.3 Å². The summed E-state index contributed by atoms with van der Waals surface area (Å²) in [6.07, 6.45) is 2.38. The number of aromatic nitrogens is 1. The van der Waals surface area contributed by atoms with Gasteiger partial charge in [0.2, 0.25) is 0 Å². The zero-order chi connectivity index (χ0) is 12.4. The number of thiazole rings is 1. The summed E-state index contributed by atoms with van der Waals surface area (Å²) in [7, 11) is -0.946. The Morgan fingerprint density at radius 3 is 3.11 bits per heavy atom. The number of hydrogen-bond acceptors (Lipinski definition) is 4. The third-order valence-corrected chi connectivity index (χ3v) is 6.15. The summed E-state index contributed by atoms with van der Waals surface area (Å²) in [5.74, 6) is 1.28. The van der Waals surface area contributed by atoms with Gasteiger partial charge in [-0.25, -0.2) is 4.98 Å². The molecule has 2 aromatic rings. The highest BCUT2D eigenvalue weighted by Gasteiger charge is 2.19. The molecule has 0 bridgehead atoms.